The van der Waals surface area contributed by atoms with Crippen molar-refractivity contribution in [1.82, 2.24) is 4.90 Å². The SMILES string of the molecule is CSc1ccc(CN(C)C(=O)C[NH2+][C@H](c2ccc(C)cc2)c2cccs2)cc1. The normalized spacial score (nSPS) is 12.0. The molecule has 5 heteroatoms. The molecule has 1 heterocycles. The molecule has 0 unspecified atom stereocenters. The number of rotatable bonds is 8. The molecule has 28 heavy (non-hydrogen) atoms. The summed E-state index contributed by atoms with van der Waals surface area (Å²) in [6.07, 6.45) is 2.07. The molecule has 1 atom stereocenters. The van der Waals surface area contributed by atoms with Gasteiger partial charge in [0.1, 0.15) is 6.04 Å². The summed E-state index contributed by atoms with van der Waals surface area (Å²) < 4.78 is 0. The van der Waals surface area contributed by atoms with E-state index in [-0.39, 0.29) is 11.9 Å². The number of thioether (sulfide) groups is 1. The highest BCUT2D eigenvalue weighted by Gasteiger charge is 2.21. The lowest BCUT2D eigenvalue weighted by Crippen LogP contribution is -2.87. The largest absolute Gasteiger partial charge is 0.337 e. The number of carbonyl (C=O) groups is 1. The first-order valence-corrected chi connectivity index (χ1v) is 11.5. The van der Waals surface area contributed by atoms with Gasteiger partial charge in [-0.2, -0.15) is 0 Å². The van der Waals surface area contributed by atoms with Crippen molar-refractivity contribution in [2.24, 2.45) is 0 Å². The Kier molecular flexibility index (Phi) is 7.31. The molecule has 1 aromatic heterocycles. The molecular formula is C23H27N2OS2+. The van der Waals surface area contributed by atoms with E-state index in [1.165, 1.54) is 20.9 Å². The molecule has 146 valence electrons. The molecule has 3 rings (SSSR count). The molecule has 1 amide bonds. The van der Waals surface area contributed by atoms with Crippen molar-refractivity contribution >= 4 is 29.0 Å². The van der Waals surface area contributed by atoms with E-state index in [2.05, 4.69) is 84.5 Å². The first-order chi connectivity index (χ1) is 13.6. The summed E-state index contributed by atoms with van der Waals surface area (Å²) in [6, 6.07) is 21.4. The number of hydrogen-bond acceptors (Lipinski definition) is 3. The van der Waals surface area contributed by atoms with Crippen LogP contribution in [0, 0.1) is 6.92 Å². The first kappa shape index (κ1) is 20.6. The van der Waals surface area contributed by atoms with Crippen LogP contribution >= 0.6 is 23.1 Å². The second kappa shape index (κ2) is 9.92. The van der Waals surface area contributed by atoms with E-state index in [9.17, 15) is 4.79 Å². The molecular weight excluding hydrogens is 384 g/mol. The topological polar surface area (TPSA) is 36.9 Å². The van der Waals surface area contributed by atoms with Crippen molar-refractivity contribution in [2.45, 2.75) is 24.4 Å². The number of nitrogens with zero attached hydrogens (tertiary/aromatic N) is 1. The molecule has 2 aromatic carbocycles. The smallest absolute Gasteiger partial charge is 0.277 e. The van der Waals surface area contributed by atoms with Gasteiger partial charge in [0.25, 0.3) is 5.91 Å². The van der Waals surface area contributed by atoms with Crippen LogP contribution in [0.25, 0.3) is 0 Å². The summed E-state index contributed by atoms with van der Waals surface area (Å²) in [5, 5.41) is 4.24. The maximum Gasteiger partial charge on any atom is 0.277 e. The van der Waals surface area contributed by atoms with Crippen LogP contribution < -0.4 is 5.32 Å². The summed E-state index contributed by atoms with van der Waals surface area (Å²) in [5.74, 6) is 0.141. The van der Waals surface area contributed by atoms with Gasteiger partial charge >= 0.3 is 0 Å². The minimum atomic E-state index is 0.141. The molecule has 0 fully saturated rings. The van der Waals surface area contributed by atoms with Crippen molar-refractivity contribution in [2.75, 3.05) is 19.8 Å². The van der Waals surface area contributed by atoms with Gasteiger partial charge in [0.2, 0.25) is 0 Å². The predicted molar refractivity (Wildman–Crippen MR) is 119 cm³/mol. The number of benzene rings is 2. The van der Waals surface area contributed by atoms with E-state index in [0.29, 0.717) is 13.1 Å². The number of amides is 1. The highest BCUT2D eigenvalue weighted by molar-refractivity contribution is 7.98. The molecule has 0 spiro atoms. The van der Waals surface area contributed by atoms with Gasteiger partial charge in [-0.15, -0.1) is 23.1 Å². The molecule has 0 saturated carbocycles. The summed E-state index contributed by atoms with van der Waals surface area (Å²) in [4.78, 5) is 17.0. The highest BCUT2D eigenvalue weighted by Crippen LogP contribution is 2.23. The van der Waals surface area contributed by atoms with Crippen molar-refractivity contribution in [3.05, 3.63) is 87.6 Å². The Balaban J connectivity index is 1.63. The third-order valence-corrected chi connectivity index (χ3v) is 6.52. The molecule has 3 nitrogen and oxygen atoms in total. The standard InChI is InChI=1S/C23H26N2OS2/c1-17-6-10-19(11-7-17)23(21-5-4-14-28-21)24-15-22(26)25(2)16-18-8-12-20(27-3)13-9-18/h4-14,23-24H,15-16H2,1-3H3/p+1/t23-/m1/s1. The van der Waals surface area contributed by atoms with Crippen molar-refractivity contribution in [3.63, 3.8) is 0 Å². The third-order valence-electron chi connectivity index (χ3n) is 4.82. The Morgan fingerprint density at radius 1 is 1.11 bits per heavy atom. The van der Waals surface area contributed by atoms with Gasteiger partial charge in [0.05, 0.1) is 4.88 Å². The Labute approximate surface area is 175 Å². The van der Waals surface area contributed by atoms with Crippen LogP contribution in [0.1, 0.15) is 27.6 Å². The minimum absolute atomic E-state index is 0.141. The fraction of sp³-hybridized carbons (Fsp3) is 0.261. The fourth-order valence-corrected chi connectivity index (χ4v) is 4.38. The summed E-state index contributed by atoms with van der Waals surface area (Å²) in [6.45, 7) is 3.16. The Bertz CT molecular complexity index is 874. The number of likely N-dealkylation sites (N-methyl/N-ethyl adjacent to an activating group) is 1. The zero-order chi connectivity index (χ0) is 19.9. The van der Waals surface area contributed by atoms with E-state index >= 15 is 0 Å². The zero-order valence-corrected chi connectivity index (χ0v) is 18.2. The number of thiophene rings is 1. The average Bonchev–Trinajstić information content (AvgIpc) is 3.24. The van der Waals surface area contributed by atoms with Crippen LogP contribution in [0.15, 0.2) is 70.9 Å². The van der Waals surface area contributed by atoms with Gasteiger partial charge in [-0.25, -0.2) is 0 Å². The summed E-state index contributed by atoms with van der Waals surface area (Å²) >= 11 is 3.46. The van der Waals surface area contributed by atoms with Crippen LogP contribution in [0.5, 0.6) is 0 Å². The van der Waals surface area contributed by atoms with E-state index in [1.807, 2.05) is 11.9 Å². The fourth-order valence-electron chi connectivity index (χ4n) is 3.13. The second-order valence-electron chi connectivity index (χ2n) is 6.94. The van der Waals surface area contributed by atoms with Crippen LogP contribution in [0.4, 0.5) is 0 Å². The van der Waals surface area contributed by atoms with Crippen LogP contribution in [-0.2, 0) is 11.3 Å². The number of nitrogens with two attached hydrogens (primary N) is 1. The van der Waals surface area contributed by atoms with Gasteiger partial charge in [-0.05, 0) is 42.3 Å². The molecule has 3 aromatic rings. The number of quaternary nitrogens is 1. The van der Waals surface area contributed by atoms with Crippen molar-refractivity contribution in [3.8, 4) is 0 Å². The first-order valence-electron chi connectivity index (χ1n) is 9.37. The summed E-state index contributed by atoms with van der Waals surface area (Å²) in [5.41, 5.74) is 3.63. The van der Waals surface area contributed by atoms with E-state index in [1.54, 1.807) is 23.1 Å². The Morgan fingerprint density at radius 2 is 1.82 bits per heavy atom. The van der Waals surface area contributed by atoms with Crippen molar-refractivity contribution < 1.29 is 10.1 Å². The number of hydrogen-bond donors (Lipinski definition) is 1. The second-order valence-corrected chi connectivity index (χ2v) is 8.80. The number of carbonyl (C=O) groups excluding carboxylic acids is 1. The molecule has 0 radical (unpaired) electrons. The maximum absolute atomic E-state index is 12.7. The lowest BCUT2D eigenvalue weighted by Gasteiger charge is -2.19. The number of aryl methyl sites for hydroxylation is 1. The van der Waals surface area contributed by atoms with Gasteiger partial charge in [-0.1, -0.05) is 48.0 Å². The van der Waals surface area contributed by atoms with Gasteiger partial charge in [0.15, 0.2) is 6.54 Å². The van der Waals surface area contributed by atoms with Crippen LogP contribution in [0.3, 0.4) is 0 Å². The maximum atomic E-state index is 12.7. The van der Waals surface area contributed by atoms with Crippen molar-refractivity contribution in [1.29, 1.82) is 0 Å². The lowest BCUT2D eigenvalue weighted by molar-refractivity contribution is -0.676. The quantitative estimate of drug-likeness (QED) is 0.567. The zero-order valence-electron chi connectivity index (χ0n) is 16.6. The van der Waals surface area contributed by atoms with E-state index < -0.39 is 0 Å². The minimum Gasteiger partial charge on any atom is -0.337 e. The Hall–Kier alpha value is -2.08. The van der Waals surface area contributed by atoms with E-state index in [4.69, 9.17) is 0 Å². The van der Waals surface area contributed by atoms with Gasteiger partial charge in [0, 0.05) is 24.1 Å². The molecule has 0 aliphatic heterocycles. The predicted octanol–water partition coefficient (Wildman–Crippen LogP) is 4.09. The average molecular weight is 412 g/mol. The highest BCUT2D eigenvalue weighted by atomic mass is 32.2. The molecule has 0 aliphatic carbocycles. The molecule has 0 bridgehead atoms. The van der Waals surface area contributed by atoms with Crippen LogP contribution in [-0.4, -0.2) is 30.7 Å². The Morgan fingerprint density at radius 3 is 2.43 bits per heavy atom. The third kappa shape index (κ3) is 5.47. The lowest BCUT2D eigenvalue weighted by atomic mass is 10.0. The van der Waals surface area contributed by atoms with Gasteiger partial charge < -0.3 is 10.2 Å². The molecule has 0 aliphatic rings. The summed E-state index contributed by atoms with van der Waals surface area (Å²) in [7, 11) is 1.88. The monoisotopic (exact) mass is 411 g/mol. The molecule has 0 saturated heterocycles. The van der Waals surface area contributed by atoms with E-state index in [0.717, 1.165) is 5.56 Å². The molecule has 2 N–H and O–H groups in total. The van der Waals surface area contributed by atoms with Crippen LogP contribution in [0.2, 0.25) is 0 Å². The van der Waals surface area contributed by atoms with Gasteiger partial charge in [-0.3, -0.25) is 4.79 Å².